The lowest BCUT2D eigenvalue weighted by molar-refractivity contribution is 0.0369. The molecule has 1 aliphatic heterocycles. The molecule has 0 saturated carbocycles. The minimum Gasteiger partial charge on any atom is -0.379 e. The number of ether oxygens (including phenoxy) is 1. The number of morpholine rings is 1. The van der Waals surface area contributed by atoms with Crippen LogP contribution in [0.5, 0.6) is 0 Å². The highest BCUT2D eigenvalue weighted by Gasteiger charge is 2.13. The number of aromatic nitrogens is 2. The van der Waals surface area contributed by atoms with Crippen LogP contribution in [0.2, 0.25) is 5.02 Å². The fourth-order valence-electron chi connectivity index (χ4n) is 3.13. The van der Waals surface area contributed by atoms with Crippen molar-refractivity contribution in [2.24, 2.45) is 5.73 Å². The maximum Gasteiger partial charge on any atom is 0.109 e. The molecular weight excluding hydrogens is 312 g/mol. The summed E-state index contributed by atoms with van der Waals surface area (Å²) >= 11 is 6.10. The van der Waals surface area contributed by atoms with E-state index in [-0.39, 0.29) is 0 Å². The van der Waals surface area contributed by atoms with Crippen molar-refractivity contribution in [3.05, 3.63) is 29.0 Å². The molecular formula is C17H25ClN4O. The third-order valence-corrected chi connectivity index (χ3v) is 4.59. The van der Waals surface area contributed by atoms with Crippen LogP contribution in [0.1, 0.15) is 18.7 Å². The third-order valence-electron chi connectivity index (χ3n) is 4.35. The predicted molar refractivity (Wildman–Crippen MR) is 94.0 cm³/mol. The fourth-order valence-corrected chi connectivity index (χ4v) is 3.30. The Balaban J connectivity index is 1.71. The summed E-state index contributed by atoms with van der Waals surface area (Å²) in [6.45, 7) is 6.57. The van der Waals surface area contributed by atoms with Crippen LogP contribution in [0.25, 0.3) is 11.0 Å². The highest BCUT2D eigenvalue weighted by atomic mass is 35.5. The second-order valence-corrected chi connectivity index (χ2v) is 6.45. The molecule has 126 valence electrons. The van der Waals surface area contributed by atoms with Gasteiger partial charge in [-0.1, -0.05) is 11.6 Å². The Morgan fingerprint density at radius 3 is 2.78 bits per heavy atom. The normalized spacial score (nSPS) is 16.3. The minimum atomic E-state index is 0.692. The zero-order chi connectivity index (χ0) is 16.1. The Morgan fingerprint density at radius 1 is 1.17 bits per heavy atom. The van der Waals surface area contributed by atoms with Gasteiger partial charge in [-0.3, -0.25) is 4.90 Å². The fraction of sp³-hybridized carbons (Fsp3) is 0.588. The lowest BCUT2D eigenvalue weighted by Gasteiger charge is -2.26. The summed E-state index contributed by atoms with van der Waals surface area (Å²) in [6.07, 6.45) is 2.99. The molecule has 6 heteroatoms. The number of fused-ring (bicyclic) bond motifs is 1. The number of imidazole rings is 1. The molecule has 1 aromatic heterocycles. The molecule has 1 aromatic carbocycles. The zero-order valence-electron chi connectivity index (χ0n) is 13.5. The molecule has 2 aromatic rings. The van der Waals surface area contributed by atoms with E-state index in [2.05, 4.69) is 15.5 Å². The van der Waals surface area contributed by atoms with E-state index in [0.29, 0.717) is 6.54 Å². The van der Waals surface area contributed by atoms with Gasteiger partial charge in [0.2, 0.25) is 0 Å². The van der Waals surface area contributed by atoms with Crippen molar-refractivity contribution in [1.29, 1.82) is 0 Å². The molecule has 0 bridgehead atoms. The second-order valence-electron chi connectivity index (χ2n) is 6.01. The van der Waals surface area contributed by atoms with E-state index in [0.717, 1.165) is 75.0 Å². The topological polar surface area (TPSA) is 56.3 Å². The average Bonchev–Trinajstić information content (AvgIpc) is 2.90. The molecule has 1 saturated heterocycles. The quantitative estimate of drug-likeness (QED) is 0.843. The molecule has 0 amide bonds. The van der Waals surface area contributed by atoms with Gasteiger partial charge in [-0.15, -0.1) is 0 Å². The Labute approximate surface area is 142 Å². The van der Waals surface area contributed by atoms with E-state index in [1.807, 2.05) is 12.1 Å². The molecule has 0 atom stereocenters. The van der Waals surface area contributed by atoms with Gasteiger partial charge in [-0.05, 0) is 37.6 Å². The van der Waals surface area contributed by atoms with Gasteiger partial charge in [-0.25, -0.2) is 4.98 Å². The monoisotopic (exact) mass is 336 g/mol. The first-order valence-corrected chi connectivity index (χ1v) is 8.80. The lowest BCUT2D eigenvalue weighted by Crippen LogP contribution is -2.37. The Hall–Kier alpha value is -1.14. The number of hydrogen-bond donors (Lipinski definition) is 1. The molecule has 3 rings (SSSR count). The van der Waals surface area contributed by atoms with E-state index < -0.39 is 0 Å². The molecule has 1 fully saturated rings. The van der Waals surface area contributed by atoms with Gasteiger partial charge in [0.1, 0.15) is 5.82 Å². The number of nitrogens with two attached hydrogens (primary N) is 1. The second kappa shape index (κ2) is 8.11. The number of nitrogens with zero attached hydrogens (tertiary/aromatic N) is 3. The van der Waals surface area contributed by atoms with Crippen molar-refractivity contribution in [3.8, 4) is 0 Å². The van der Waals surface area contributed by atoms with Crippen molar-refractivity contribution < 1.29 is 4.74 Å². The third kappa shape index (κ3) is 4.23. The van der Waals surface area contributed by atoms with E-state index in [1.165, 1.54) is 5.52 Å². The molecule has 5 nitrogen and oxygen atoms in total. The minimum absolute atomic E-state index is 0.692. The number of aryl methyl sites for hydroxylation is 2. The molecule has 0 aliphatic carbocycles. The van der Waals surface area contributed by atoms with Crippen LogP contribution in [0.4, 0.5) is 0 Å². The highest BCUT2D eigenvalue weighted by Crippen LogP contribution is 2.22. The molecule has 2 N–H and O–H groups in total. The van der Waals surface area contributed by atoms with E-state index in [4.69, 9.17) is 27.1 Å². The van der Waals surface area contributed by atoms with Crippen molar-refractivity contribution in [1.82, 2.24) is 14.5 Å². The maximum absolute atomic E-state index is 6.10. The van der Waals surface area contributed by atoms with Gasteiger partial charge in [-0.2, -0.15) is 0 Å². The van der Waals surface area contributed by atoms with Crippen molar-refractivity contribution in [2.75, 3.05) is 39.4 Å². The summed E-state index contributed by atoms with van der Waals surface area (Å²) in [6, 6.07) is 5.96. The molecule has 0 radical (unpaired) electrons. The summed E-state index contributed by atoms with van der Waals surface area (Å²) in [5.74, 6) is 1.12. The zero-order valence-corrected chi connectivity index (χ0v) is 14.3. The number of rotatable bonds is 7. The summed E-state index contributed by atoms with van der Waals surface area (Å²) in [7, 11) is 0. The summed E-state index contributed by atoms with van der Waals surface area (Å²) in [4.78, 5) is 7.24. The van der Waals surface area contributed by atoms with Crippen LogP contribution in [-0.4, -0.2) is 53.8 Å². The highest BCUT2D eigenvalue weighted by molar-refractivity contribution is 6.31. The van der Waals surface area contributed by atoms with Gasteiger partial charge in [0, 0.05) is 37.6 Å². The Morgan fingerprint density at radius 2 is 2.00 bits per heavy atom. The van der Waals surface area contributed by atoms with Gasteiger partial charge >= 0.3 is 0 Å². The summed E-state index contributed by atoms with van der Waals surface area (Å²) < 4.78 is 7.74. The van der Waals surface area contributed by atoms with E-state index in [1.54, 1.807) is 0 Å². The number of hydrogen-bond acceptors (Lipinski definition) is 4. The van der Waals surface area contributed by atoms with Crippen LogP contribution < -0.4 is 5.73 Å². The smallest absolute Gasteiger partial charge is 0.109 e. The van der Waals surface area contributed by atoms with Gasteiger partial charge < -0.3 is 15.0 Å². The molecule has 0 unspecified atom stereocenters. The van der Waals surface area contributed by atoms with Gasteiger partial charge in [0.15, 0.2) is 0 Å². The van der Waals surface area contributed by atoms with Crippen LogP contribution >= 0.6 is 11.6 Å². The van der Waals surface area contributed by atoms with Crippen LogP contribution in [0, 0.1) is 0 Å². The summed E-state index contributed by atoms with van der Waals surface area (Å²) in [5, 5.41) is 0.737. The maximum atomic E-state index is 6.10. The molecule has 2 heterocycles. The predicted octanol–water partition coefficient (Wildman–Crippen LogP) is 2.30. The Bertz CT molecular complexity index is 637. The SMILES string of the molecule is NCCCc1nc2cc(Cl)ccc2n1CCCN1CCOCC1. The van der Waals surface area contributed by atoms with Crippen LogP contribution in [0.15, 0.2) is 18.2 Å². The van der Waals surface area contributed by atoms with Gasteiger partial charge in [0.05, 0.1) is 24.2 Å². The van der Waals surface area contributed by atoms with Crippen molar-refractivity contribution in [3.63, 3.8) is 0 Å². The number of halogens is 1. The molecule has 0 spiro atoms. The first-order chi connectivity index (χ1) is 11.3. The summed E-state index contributed by atoms with van der Waals surface area (Å²) in [5.41, 5.74) is 7.82. The van der Waals surface area contributed by atoms with Gasteiger partial charge in [0.25, 0.3) is 0 Å². The molecule has 23 heavy (non-hydrogen) atoms. The first-order valence-electron chi connectivity index (χ1n) is 8.43. The molecule has 1 aliphatic rings. The number of benzene rings is 1. The average molecular weight is 337 g/mol. The van der Waals surface area contributed by atoms with E-state index in [9.17, 15) is 0 Å². The van der Waals surface area contributed by atoms with Crippen LogP contribution in [0.3, 0.4) is 0 Å². The van der Waals surface area contributed by atoms with Crippen molar-refractivity contribution in [2.45, 2.75) is 25.8 Å². The lowest BCUT2D eigenvalue weighted by atomic mass is 10.2. The van der Waals surface area contributed by atoms with E-state index >= 15 is 0 Å². The van der Waals surface area contributed by atoms with Crippen LogP contribution in [-0.2, 0) is 17.7 Å². The first kappa shape index (κ1) is 16.7. The standard InChI is InChI=1S/C17H25ClN4O/c18-14-4-5-16-15(13-14)20-17(3-1-6-19)22(16)8-2-7-21-9-11-23-12-10-21/h4-5,13H,1-3,6-12,19H2. The Kier molecular flexibility index (Phi) is 5.89. The van der Waals surface area contributed by atoms with Crippen molar-refractivity contribution >= 4 is 22.6 Å². The largest absolute Gasteiger partial charge is 0.379 e.